The van der Waals surface area contributed by atoms with Crippen LogP contribution in [0.5, 0.6) is 0 Å². The van der Waals surface area contributed by atoms with Gasteiger partial charge >= 0.3 is 5.97 Å². The molecule has 1 N–H and O–H groups in total. The second-order valence-electron chi connectivity index (χ2n) is 5.67. The van der Waals surface area contributed by atoms with Gasteiger partial charge in [-0.3, -0.25) is 0 Å². The van der Waals surface area contributed by atoms with Crippen LogP contribution in [0.4, 0.5) is 15.9 Å². The van der Waals surface area contributed by atoms with Crippen LogP contribution in [0.15, 0.2) is 36.4 Å². The van der Waals surface area contributed by atoms with Crippen LogP contribution in [-0.4, -0.2) is 16.6 Å². The number of hydrogen-bond acceptors (Lipinski definition) is 4. The Labute approximate surface area is 133 Å². The van der Waals surface area contributed by atoms with Gasteiger partial charge < -0.3 is 10.1 Å². The number of halogens is 2. The number of anilines is 2. The number of pyridine rings is 1. The van der Waals surface area contributed by atoms with Gasteiger partial charge in [0.2, 0.25) is 0 Å². The second kappa shape index (κ2) is 6.32. The number of rotatable bonds is 3. The zero-order valence-electron chi connectivity index (χ0n) is 12.5. The van der Waals surface area contributed by atoms with Crippen molar-refractivity contribution in [3.8, 4) is 0 Å². The predicted molar refractivity (Wildman–Crippen MR) is 84.1 cm³/mol. The number of nitrogens with zero attached hydrogens (tertiary/aromatic N) is 1. The molecule has 0 fully saturated rings. The highest BCUT2D eigenvalue weighted by atomic mass is 35.5. The fourth-order valence-corrected chi connectivity index (χ4v) is 1.88. The largest absolute Gasteiger partial charge is 0.456 e. The second-order valence-corrected chi connectivity index (χ2v) is 6.05. The summed E-state index contributed by atoms with van der Waals surface area (Å²) in [6.07, 6.45) is 0. The number of ether oxygens (including phenoxy) is 1. The van der Waals surface area contributed by atoms with Crippen LogP contribution in [0, 0.1) is 5.82 Å². The first-order chi connectivity index (χ1) is 10.2. The zero-order valence-corrected chi connectivity index (χ0v) is 13.2. The number of nitrogens with one attached hydrogen (secondary N) is 1. The third kappa shape index (κ3) is 4.43. The van der Waals surface area contributed by atoms with Crippen LogP contribution >= 0.6 is 11.6 Å². The van der Waals surface area contributed by atoms with Crippen molar-refractivity contribution in [3.63, 3.8) is 0 Å². The summed E-state index contributed by atoms with van der Waals surface area (Å²) in [5.41, 5.74) is 0.0514. The van der Waals surface area contributed by atoms with Gasteiger partial charge in [0.1, 0.15) is 28.0 Å². The smallest absolute Gasteiger partial charge is 0.342 e. The van der Waals surface area contributed by atoms with E-state index in [1.54, 1.807) is 32.9 Å². The Bertz CT molecular complexity index is 699. The van der Waals surface area contributed by atoms with E-state index in [9.17, 15) is 9.18 Å². The van der Waals surface area contributed by atoms with E-state index in [2.05, 4.69) is 10.3 Å². The summed E-state index contributed by atoms with van der Waals surface area (Å²) in [6.45, 7) is 5.32. The van der Waals surface area contributed by atoms with Crippen LogP contribution in [0.25, 0.3) is 0 Å². The first-order valence-electron chi connectivity index (χ1n) is 6.67. The van der Waals surface area contributed by atoms with Crippen LogP contribution in [0.2, 0.25) is 5.15 Å². The topological polar surface area (TPSA) is 51.2 Å². The number of esters is 1. The number of benzene rings is 1. The lowest BCUT2D eigenvalue weighted by Crippen LogP contribution is -2.24. The summed E-state index contributed by atoms with van der Waals surface area (Å²) in [5, 5.41) is 3.10. The molecule has 0 bridgehead atoms. The highest BCUT2D eigenvalue weighted by Crippen LogP contribution is 2.24. The average Bonchev–Trinajstić information content (AvgIpc) is 2.36. The SMILES string of the molecule is CC(C)(C)OC(=O)c1ccc(Cl)nc1Nc1cccc(F)c1. The molecule has 1 heterocycles. The van der Waals surface area contributed by atoms with Crippen molar-refractivity contribution in [3.05, 3.63) is 52.9 Å². The van der Waals surface area contributed by atoms with Crippen molar-refractivity contribution >= 4 is 29.1 Å². The maximum atomic E-state index is 13.3. The molecule has 116 valence electrons. The molecule has 0 saturated carbocycles. The molecule has 22 heavy (non-hydrogen) atoms. The summed E-state index contributed by atoms with van der Waals surface area (Å²) in [5.74, 6) is -0.714. The lowest BCUT2D eigenvalue weighted by atomic mass is 10.2. The minimum Gasteiger partial charge on any atom is -0.456 e. The fraction of sp³-hybridized carbons (Fsp3) is 0.250. The van der Waals surface area contributed by atoms with E-state index < -0.39 is 17.4 Å². The van der Waals surface area contributed by atoms with Gasteiger partial charge in [0.15, 0.2) is 0 Å². The van der Waals surface area contributed by atoms with Gasteiger partial charge in [-0.2, -0.15) is 0 Å². The quantitative estimate of drug-likeness (QED) is 0.664. The molecule has 1 aromatic carbocycles. The third-order valence-corrected chi connectivity index (χ3v) is 2.78. The standard InChI is InChI=1S/C16H16ClFN2O2/c1-16(2,3)22-15(21)12-7-8-13(17)20-14(12)19-11-6-4-5-10(18)9-11/h4-9H,1-3H3,(H,19,20). The molecule has 0 aliphatic rings. The van der Waals surface area contributed by atoms with Gasteiger partial charge in [0.05, 0.1) is 0 Å². The Morgan fingerprint density at radius 1 is 1.27 bits per heavy atom. The predicted octanol–water partition coefficient (Wildman–Crippen LogP) is 4.57. The van der Waals surface area contributed by atoms with E-state index in [0.29, 0.717) is 5.69 Å². The van der Waals surface area contributed by atoms with Crippen molar-refractivity contribution < 1.29 is 13.9 Å². The van der Waals surface area contributed by atoms with Crippen LogP contribution in [0.1, 0.15) is 31.1 Å². The molecule has 6 heteroatoms. The van der Waals surface area contributed by atoms with E-state index >= 15 is 0 Å². The van der Waals surface area contributed by atoms with E-state index in [1.807, 2.05) is 0 Å². The van der Waals surface area contributed by atoms with E-state index in [0.717, 1.165) is 0 Å². The Balaban J connectivity index is 2.34. The van der Waals surface area contributed by atoms with Gasteiger partial charge in [0, 0.05) is 5.69 Å². The molecule has 0 radical (unpaired) electrons. The van der Waals surface area contributed by atoms with Crippen molar-refractivity contribution in [2.75, 3.05) is 5.32 Å². The lowest BCUT2D eigenvalue weighted by molar-refractivity contribution is 0.00704. The monoisotopic (exact) mass is 322 g/mol. The molecule has 0 spiro atoms. The molecule has 0 amide bonds. The molecule has 2 aromatic rings. The molecule has 0 aliphatic heterocycles. The fourth-order valence-electron chi connectivity index (χ4n) is 1.73. The summed E-state index contributed by atoms with van der Waals surface area (Å²) < 4.78 is 18.6. The Morgan fingerprint density at radius 3 is 2.64 bits per heavy atom. The van der Waals surface area contributed by atoms with E-state index in [1.165, 1.54) is 24.3 Å². The van der Waals surface area contributed by atoms with Crippen LogP contribution < -0.4 is 5.32 Å². The first kappa shape index (κ1) is 16.2. The normalized spacial score (nSPS) is 11.1. The molecular formula is C16H16ClFN2O2. The lowest BCUT2D eigenvalue weighted by Gasteiger charge is -2.20. The minimum atomic E-state index is -0.632. The number of carbonyl (C=O) groups is 1. The molecule has 0 saturated heterocycles. The Morgan fingerprint density at radius 2 is 2.00 bits per heavy atom. The molecule has 0 aliphatic carbocycles. The third-order valence-electron chi connectivity index (χ3n) is 2.57. The summed E-state index contributed by atoms with van der Waals surface area (Å²) in [4.78, 5) is 16.3. The average molecular weight is 323 g/mol. The summed E-state index contributed by atoms with van der Waals surface area (Å²) in [7, 11) is 0. The Kier molecular flexibility index (Phi) is 4.66. The molecule has 0 atom stereocenters. The van der Waals surface area contributed by atoms with Crippen molar-refractivity contribution in [2.45, 2.75) is 26.4 Å². The number of hydrogen-bond donors (Lipinski definition) is 1. The van der Waals surface area contributed by atoms with Gasteiger partial charge in [-0.15, -0.1) is 0 Å². The molecule has 4 nitrogen and oxygen atoms in total. The van der Waals surface area contributed by atoms with Crippen molar-refractivity contribution in [1.82, 2.24) is 4.98 Å². The highest BCUT2D eigenvalue weighted by Gasteiger charge is 2.21. The number of aromatic nitrogens is 1. The molecule has 2 rings (SSSR count). The van der Waals surface area contributed by atoms with E-state index in [4.69, 9.17) is 16.3 Å². The highest BCUT2D eigenvalue weighted by molar-refractivity contribution is 6.29. The van der Waals surface area contributed by atoms with E-state index in [-0.39, 0.29) is 16.5 Å². The maximum absolute atomic E-state index is 13.3. The maximum Gasteiger partial charge on any atom is 0.342 e. The number of carbonyl (C=O) groups excluding carboxylic acids is 1. The summed E-state index contributed by atoms with van der Waals surface area (Å²) in [6, 6.07) is 8.84. The van der Waals surface area contributed by atoms with Crippen molar-refractivity contribution in [2.24, 2.45) is 0 Å². The molecule has 0 unspecified atom stereocenters. The van der Waals surface area contributed by atoms with Crippen LogP contribution in [-0.2, 0) is 4.74 Å². The Hall–Kier alpha value is -2.14. The summed E-state index contributed by atoms with van der Waals surface area (Å²) >= 11 is 5.87. The minimum absolute atomic E-state index is 0.214. The van der Waals surface area contributed by atoms with Gasteiger partial charge in [-0.25, -0.2) is 14.2 Å². The van der Waals surface area contributed by atoms with Crippen LogP contribution in [0.3, 0.4) is 0 Å². The molecule has 1 aromatic heterocycles. The zero-order chi connectivity index (χ0) is 16.3. The molecular weight excluding hydrogens is 307 g/mol. The van der Waals surface area contributed by atoms with Crippen molar-refractivity contribution in [1.29, 1.82) is 0 Å². The first-order valence-corrected chi connectivity index (χ1v) is 7.05. The van der Waals surface area contributed by atoms with Gasteiger partial charge in [0.25, 0.3) is 0 Å². The van der Waals surface area contributed by atoms with Gasteiger partial charge in [-0.05, 0) is 51.1 Å². The van der Waals surface area contributed by atoms with Gasteiger partial charge in [-0.1, -0.05) is 17.7 Å².